The monoisotopic (exact) mass is 1160 g/mol. The maximum absolute atomic E-state index is 13.4. The summed E-state index contributed by atoms with van der Waals surface area (Å²) in [4.78, 5) is 54.1. The number of nitrogens with zero attached hydrogens (tertiary/aromatic N) is 12. The predicted octanol–water partition coefficient (Wildman–Crippen LogP) is 14.9. The first-order valence-electron chi connectivity index (χ1n) is 28.9. The van der Waals surface area contributed by atoms with E-state index in [-0.39, 0.29) is 6.54 Å². The van der Waals surface area contributed by atoms with Gasteiger partial charge >= 0.3 is 0 Å². The summed E-state index contributed by atoms with van der Waals surface area (Å²) in [6.07, 6.45) is 27.7. The topological polar surface area (TPSA) is 227 Å². The van der Waals surface area contributed by atoms with Crippen molar-refractivity contribution in [1.29, 1.82) is 0 Å². The molecule has 88 heavy (non-hydrogen) atoms. The van der Waals surface area contributed by atoms with Crippen LogP contribution in [0.5, 0.6) is 0 Å². The zero-order valence-corrected chi connectivity index (χ0v) is 47.2. The summed E-state index contributed by atoms with van der Waals surface area (Å²) in [6.45, 7) is 0.890. The molecule has 1 fully saturated rings. The highest BCUT2D eigenvalue weighted by Gasteiger charge is 2.26. The summed E-state index contributed by atoms with van der Waals surface area (Å²) in [5, 5.41) is 20.0. The number of rotatable bonds is 9. The van der Waals surface area contributed by atoms with Gasteiger partial charge in [0.2, 0.25) is 17.8 Å². The van der Waals surface area contributed by atoms with Crippen molar-refractivity contribution in [2.75, 3.05) is 31.9 Å². The number of hydrogen-bond donors (Lipinski definition) is 6. The number of halogens is 2. The smallest absolute Gasteiger partial charge is 0.223 e. The molecule has 6 N–H and O–H groups in total. The highest BCUT2D eigenvalue weighted by atomic mass is 19.2. The van der Waals surface area contributed by atoms with E-state index in [2.05, 4.69) is 130 Å². The predicted molar refractivity (Wildman–Crippen MR) is 339 cm³/mol. The van der Waals surface area contributed by atoms with E-state index in [9.17, 15) is 8.78 Å². The van der Waals surface area contributed by atoms with Crippen molar-refractivity contribution in [3.05, 3.63) is 225 Å². The molecule has 0 spiro atoms. The van der Waals surface area contributed by atoms with Gasteiger partial charge < -0.3 is 31.9 Å². The molecule has 0 bridgehead atoms. The number of anilines is 9. The first-order valence-corrected chi connectivity index (χ1v) is 28.9. The lowest BCUT2D eigenvalue weighted by molar-refractivity contribution is 0.461. The second-order valence-corrected chi connectivity index (χ2v) is 21.2. The van der Waals surface area contributed by atoms with E-state index in [4.69, 9.17) is 9.97 Å². The van der Waals surface area contributed by atoms with Crippen molar-refractivity contribution in [1.82, 2.24) is 59.8 Å². The highest BCUT2D eigenvalue weighted by Crippen LogP contribution is 2.45. The fraction of sp³-hybridized carbons (Fsp3) is 0.118. The van der Waals surface area contributed by atoms with Gasteiger partial charge in [-0.05, 0) is 102 Å². The van der Waals surface area contributed by atoms with Gasteiger partial charge in [-0.15, -0.1) is 0 Å². The van der Waals surface area contributed by atoms with Crippen LogP contribution in [0.3, 0.4) is 0 Å². The standard InChI is InChI=1S/C27H20N6.C21H14F2N6.C20H20N6/c1-2-5-19(6-3-1)20-10-8-18(9-11-20)15-30-27-31-16-23-21-12-14-28-17-24(21)32-26-22(25(23)33-27)7-4-13-29-26;22-16-4-3-12(8-17(16)23)9-26-21-27-10-15-13-5-7-24-11-18(13)28-20-14(19(15)29-21)2-1-6-25-20;1-2-5-13(6-3-1)24-20-23-11-16-14-8-10-21-12-17(14)25-19-15(18(16)26-20)7-4-9-22-19/h1-14,16-17H,15H2,(H,29,32)(H,30,31,33);1-8,10-11H,9H2,(H,25,28)(H,26,27,29);4,7-13H,1-3,5-6H2,(H,22,25)(H,23,24,26). The summed E-state index contributed by atoms with van der Waals surface area (Å²) < 4.78 is 26.5. The molecular formula is C68H54F2N18. The van der Waals surface area contributed by atoms with Crippen LogP contribution in [-0.2, 0) is 13.1 Å². The molecule has 20 heteroatoms. The number of aromatic nitrogens is 12. The molecule has 18 nitrogen and oxygen atoms in total. The second-order valence-electron chi connectivity index (χ2n) is 21.2. The van der Waals surface area contributed by atoms with Crippen LogP contribution >= 0.6 is 0 Å². The van der Waals surface area contributed by atoms with Crippen molar-refractivity contribution in [3.63, 3.8) is 0 Å². The van der Waals surface area contributed by atoms with Gasteiger partial charge in [-0.2, -0.15) is 0 Å². The van der Waals surface area contributed by atoms with Gasteiger partial charge in [-0.3, -0.25) is 15.0 Å². The summed E-state index contributed by atoms with van der Waals surface area (Å²) in [5.74, 6) is 2.11. The number of fused-ring (bicyclic) bond motifs is 15. The van der Waals surface area contributed by atoms with E-state index in [0.717, 1.165) is 108 Å². The molecule has 12 heterocycles. The Morgan fingerprint density at radius 3 is 1.31 bits per heavy atom. The molecule has 430 valence electrons. The third kappa shape index (κ3) is 11.6. The van der Waals surface area contributed by atoms with Crippen LogP contribution in [0.15, 0.2) is 202 Å². The zero-order chi connectivity index (χ0) is 59.2. The maximum atomic E-state index is 13.4. The lowest BCUT2D eigenvalue weighted by Gasteiger charge is -2.23. The molecule has 1 aliphatic carbocycles. The average Bonchev–Trinajstić information content (AvgIpc) is 2.71. The third-order valence-electron chi connectivity index (χ3n) is 15.5. The largest absolute Gasteiger partial charge is 0.351 e. The van der Waals surface area contributed by atoms with Crippen LogP contribution in [0, 0.1) is 11.6 Å². The average molecular weight is 1160 g/mol. The SMILES string of the molecule is Fc1ccc(CNc2ncc3c(n2)-c2cccnc2Nc2cnccc2-3)cc1F.c1ccc(-c2ccc(CNc3ncc4c(n3)-c3cccnc3Nc3cnccc3-4)cc2)cc1.c1cnc2c(c1)-c1nc(NC3CCCCC3)ncc1-c1ccncc1N2. The van der Waals surface area contributed by atoms with Crippen LogP contribution in [0.2, 0.25) is 0 Å². The fourth-order valence-electron chi connectivity index (χ4n) is 11.1. The quantitative estimate of drug-likeness (QED) is 0.0790. The van der Waals surface area contributed by atoms with Gasteiger partial charge in [0.15, 0.2) is 11.6 Å². The normalized spacial score (nSPS) is 12.8. The van der Waals surface area contributed by atoms with E-state index in [1.165, 1.54) is 49.3 Å². The lowest BCUT2D eigenvalue weighted by Crippen LogP contribution is -2.23. The Morgan fingerprint density at radius 2 is 0.818 bits per heavy atom. The van der Waals surface area contributed by atoms with Crippen LogP contribution in [-0.4, -0.2) is 65.8 Å². The molecule has 16 rings (SSSR count). The highest BCUT2D eigenvalue weighted by molar-refractivity contribution is 5.98. The van der Waals surface area contributed by atoms with Gasteiger partial charge in [0.25, 0.3) is 0 Å². The van der Waals surface area contributed by atoms with Gasteiger partial charge in [0.1, 0.15) is 17.5 Å². The molecule has 12 aromatic rings. The molecule has 9 aromatic heterocycles. The summed E-state index contributed by atoms with van der Waals surface area (Å²) in [7, 11) is 0. The van der Waals surface area contributed by atoms with Crippen LogP contribution in [0.1, 0.15) is 43.2 Å². The van der Waals surface area contributed by atoms with E-state index >= 15 is 0 Å². The van der Waals surface area contributed by atoms with Gasteiger partial charge in [-0.25, -0.2) is 53.6 Å². The third-order valence-corrected chi connectivity index (χ3v) is 15.5. The van der Waals surface area contributed by atoms with Crippen molar-refractivity contribution in [3.8, 4) is 78.3 Å². The van der Waals surface area contributed by atoms with Crippen molar-refractivity contribution < 1.29 is 8.78 Å². The molecule has 0 saturated heterocycles. The Kier molecular flexibility index (Phi) is 15.2. The van der Waals surface area contributed by atoms with Crippen molar-refractivity contribution in [2.24, 2.45) is 0 Å². The van der Waals surface area contributed by atoms with Crippen LogP contribution < -0.4 is 31.9 Å². The fourth-order valence-corrected chi connectivity index (χ4v) is 11.1. The first kappa shape index (κ1) is 54.4. The van der Waals surface area contributed by atoms with Gasteiger partial charge in [-0.1, -0.05) is 79.9 Å². The maximum Gasteiger partial charge on any atom is 0.223 e. The molecular weight excluding hydrogens is 1110 g/mol. The molecule has 4 aliphatic rings. The summed E-state index contributed by atoms with van der Waals surface area (Å²) in [6, 6.07) is 40.7. The second kappa shape index (κ2) is 24.6. The number of pyridine rings is 6. The molecule has 3 aromatic carbocycles. The van der Waals surface area contributed by atoms with Crippen molar-refractivity contribution >= 4 is 52.4 Å². The Balaban J connectivity index is 0.000000117. The zero-order valence-electron chi connectivity index (χ0n) is 47.2. The Morgan fingerprint density at radius 1 is 0.375 bits per heavy atom. The summed E-state index contributed by atoms with van der Waals surface area (Å²) >= 11 is 0. The molecule has 0 amide bonds. The number of nitrogens with one attached hydrogen (secondary N) is 6. The van der Waals surface area contributed by atoms with E-state index in [0.29, 0.717) is 47.5 Å². The molecule has 0 radical (unpaired) electrons. The Labute approximate surface area is 504 Å². The minimum atomic E-state index is -0.886. The molecule has 0 unspecified atom stereocenters. The number of hydrogen-bond acceptors (Lipinski definition) is 18. The van der Waals surface area contributed by atoms with Gasteiger partial charge in [0.05, 0.1) is 52.7 Å². The minimum absolute atomic E-state index is 0.259. The first-order chi connectivity index (χ1) is 43.4. The molecule has 0 atom stereocenters. The molecule has 1 saturated carbocycles. The van der Waals surface area contributed by atoms with Crippen LogP contribution in [0.4, 0.5) is 61.1 Å². The van der Waals surface area contributed by atoms with Crippen molar-refractivity contribution in [2.45, 2.75) is 51.2 Å². The Hall–Kier alpha value is -11.5. The van der Waals surface area contributed by atoms with Crippen LogP contribution in [0.25, 0.3) is 78.3 Å². The van der Waals surface area contributed by atoms with Gasteiger partial charge in [0, 0.05) is 125 Å². The molecule has 3 aliphatic heterocycles. The van der Waals surface area contributed by atoms with E-state index in [1.807, 2.05) is 79.3 Å². The Bertz CT molecular complexity index is 4510. The number of benzene rings is 3. The van der Waals surface area contributed by atoms with E-state index in [1.54, 1.807) is 55.8 Å². The lowest BCUT2D eigenvalue weighted by atomic mass is 9.96. The van der Waals surface area contributed by atoms with E-state index < -0.39 is 11.6 Å². The minimum Gasteiger partial charge on any atom is -0.351 e. The summed E-state index contributed by atoms with van der Waals surface area (Å²) in [5.41, 5.74) is 17.7.